The van der Waals surface area contributed by atoms with E-state index < -0.39 is 25.2 Å². The molecule has 0 saturated carbocycles. The van der Waals surface area contributed by atoms with Gasteiger partial charge in [-0.25, -0.2) is 0 Å². The smallest absolute Gasteiger partial charge is 0.0617 e. The van der Waals surface area contributed by atoms with E-state index in [-0.39, 0.29) is 0 Å². The molecule has 48 valence electrons. The van der Waals surface area contributed by atoms with Crippen LogP contribution >= 0.6 is 0 Å². The second-order valence-corrected chi connectivity index (χ2v) is 1.68. The van der Waals surface area contributed by atoms with Gasteiger partial charge in [-0.2, -0.15) is 0 Å². The average Bonchev–Trinajstić information content (AvgIpc) is 1.78. The molecule has 1 heterocycles. The van der Waals surface area contributed by atoms with Crippen molar-refractivity contribution in [3.8, 4) is 0 Å². The Hall–Kier alpha value is -0.0800. The van der Waals surface area contributed by atoms with Gasteiger partial charge in [0.2, 0.25) is 0 Å². The minimum atomic E-state index is -2.48. The van der Waals surface area contributed by atoms with Gasteiger partial charge in [-0.05, 0) is 13.8 Å². The van der Waals surface area contributed by atoms with Crippen molar-refractivity contribution in [3.63, 3.8) is 0 Å². The molecule has 1 fully saturated rings. The van der Waals surface area contributed by atoms with Crippen LogP contribution in [0, 0.1) is 0 Å². The minimum absolute atomic E-state index is 1.20. The maximum absolute atomic E-state index is 7.56. The summed E-state index contributed by atoms with van der Waals surface area (Å²) in [5.74, 6) is 0. The van der Waals surface area contributed by atoms with Gasteiger partial charge in [0.25, 0.3) is 0 Å². The van der Waals surface area contributed by atoms with Gasteiger partial charge in [0.05, 0.1) is 18.6 Å². The van der Waals surface area contributed by atoms with Crippen molar-refractivity contribution < 1.29 is 13.0 Å². The van der Waals surface area contributed by atoms with Crippen LogP contribution in [0.25, 0.3) is 0 Å². The van der Waals surface area contributed by atoms with Crippen LogP contribution in [0.15, 0.2) is 0 Å². The molecule has 1 saturated heterocycles. The van der Waals surface area contributed by atoms with E-state index in [2.05, 4.69) is 10.1 Å². The maximum Gasteiger partial charge on any atom is 0.0617 e. The second-order valence-electron chi connectivity index (χ2n) is 1.68. The summed E-state index contributed by atoms with van der Waals surface area (Å²) < 4.78 is 49.0. The fourth-order valence-electron chi connectivity index (χ4n) is 0.511. The van der Waals surface area contributed by atoms with Gasteiger partial charge < -0.3 is 10.1 Å². The molecule has 0 aliphatic carbocycles. The van der Waals surface area contributed by atoms with Crippen LogP contribution < -0.4 is 5.32 Å². The zero-order valence-electron chi connectivity index (χ0n) is 10.9. The first-order valence-electron chi connectivity index (χ1n) is 5.41. The number of ether oxygens (including phenoxy) is 1. The molecule has 0 amide bonds. The standard InChI is InChI=1S/C6H13NO/c1-5-3-8-4-6(2)7-5/h5-7H,3-4H2,1-2H3/i3D2,4D2,5D,6D. The Kier molecular flexibility index (Phi) is 0.603. The van der Waals surface area contributed by atoms with Crippen molar-refractivity contribution >= 4 is 0 Å². The number of hydrogen-bond acceptors (Lipinski definition) is 2. The highest BCUT2D eigenvalue weighted by atomic mass is 16.5. The predicted molar refractivity (Wildman–Crippen MR) is 32.9 cm³/mol. The first-order valence-corrected chi connectivity index (χ1v) is 2.41. The first-order chi connectivity index (χ1) is 5.91. The molecular formula is C6H13NO. The van der Waals surface area contributed by atoms with E-state index in [1.54, 1.807) is 0 Å². The average molecular weight is 121 g/mol. The molecule has 1 N–H and O–H groups in total. The Morgan fingerprint density at radius 1 is 1.62 bits per heavy atom. The van der Waals surface area contributed by atoms with Crippen LogP contribution in [0.5, 0.6) is 0 Å². The normalized spacial score (nSPS) is 81.8. The summed E-state index contributed by atoms with van der Waals surface area (Å²) in [6.07, 6.45) is 0. The van der Waals surface area contributed by atoms with Crippen LogP contribution in [0.1, 0.15) is 22.1 Å². The van der Waals surface area contributed by atoms with Crippen molar-refractivity contribution in [1.82, 2.24) is 5.32 Å². The predicted octanol–water partition coefficient (Wildman–Crippen LogP) is 0.383. The molecule has 2 atom stereocenters. The van der Waals surface area contributed by atoms with Crippen molar-refractivity contribution in [1.29, 1.82) is 0 Å². The fourth-order valence-corrected chi connectivity index (χ4v) is 0.511. The minimum Gasteiger partial charge on any atom is -0.378 e. The topological polar surface area (TPSA) is 21.3 Å². The van der Waals surface area contributed by atoms with Gasteiger partial charge in [0.15, 0.2) is 0 Å². The van der Waals surface area contributed by atoms with E-state index in [9.17, 15) is 0 Å². The van der Waals surface area contributed by atoms with Crippen LogP contribution in [0.3, 0.4) is 0 Å². The molecule has 1 aliphatic heterocycles. The number of rotatable bonds is 0. The summed E-state index contributed by atoms with van der Waals surface area (Å²) in [4.78, 5) is 0. The van der Waals surface area contributed by atoms with E-state index in [1.165, 1.54) is 13.8 Å². The molecule has 0 aromatic heterocycles. The zero-order valence-corrected chi connectivity index (χ0v) is 4.91. The Labute approximate surface area is 58.7 Å². The molecule has 2 unspecified atom stereocenters. The van der Waals surface area contributed by atoms with Crippen LogP contribution in [-0.4, -0.2) is 25.2 Å². The first kappa shape index (κ1) is 1.96. The summed E-state index contributed by atoms with van der Waals surface area (Å²) in [7, 11) is 0. The maximum atomic E-state index is 7.56. The molecular weight excluding hydrogens is 102 g/mol. The van der Waals surface area contributed by atoms with Gasteiger partial charge in [-0.15, -0.1) is 0 Å². The molecule has 8 heavy (non-hydrogen) atoms. The summed E-state index contributed by atoms with van der Waals surface area (Å²) in [6, 6.07) is -3.70. The Balaban J connectivity index is 3.07. The summed E-state index contributed by atoms with van der Waals surface area (Å²) in [5.41, 5.74) is 0. The molecule has 0 aromatic rings. The molecule has 0 spiro atoms. The third-order valence-corrected chi connectivity index (χ3v) is 0.783. The largest absolute Gasteiger partial charge is 0.378 e. The fraction of sp³-hybridized carbons (Fsp3) is 1.00. The van der Waals surface area contributed by atoms with Gasteiger partial charge in [0.1, 0.15) is 0 Å². The van der Waals surface area contributed by atoms with Crippen LogP contribution in [-0.2, 0) is 4.74 Å². The molecule has 0 aromatic carbocycles. The van der Waals surface area contributed by atoms with E-state index in [1.807, 2.05) is 0 Å². The molecule has 2 nitrogen and oxygen atoms in total. The SMILES string of the molecule is [2H]C1(C)NC([2H])(C)C([2H])([2H])OC1([2H])[2H]. The molecule has 0 bridgehead atoms. The quantitative estimate of drug-likeness (QED) is 0.500. The van der Waals surface area contributed by atoms with Crippen molar-refractivity contribution in [2.45, 2.75) is 25.9 Å². The molecule has 1 aliphatic rings. The molecule has 1 rings (SSSR count). The van der Waals surface area contributed by atoms with E-state index >= 15 is 0 Å². The zero-order chi connectivity index (χ0) is 11.4. The van der Waals surface area contributed by atoms with E-state index in [0.717, 1.165) is 0 Å². The number of morpholine rings is 1. The van der Waals surface area contributed by atoms with Gasteiger partial charge in [0, 0.05) is 14.8 Å². The van der Waals surface area contributed by atoms with Gasteiger partial charge >= 0.3 is 0 Å². The number of hydrogen-bond donors (Lipinski definition) is 1. The van der Waals surface area contributed by atoms with Crippen molar-refractivity contribution in [3.05, 3.63) is 0 Å². The lowest BCUT2D eigenvalue weighted by molar-refractivity contribution is 0.0560. The Morgan fingerprint density at radius 3 is 2.50 bits per heavy atom. The molecule has 2 heteroatoms. The third kappa shape index (κ3) is 1.46. The van der Waals surface area contributed by atoms with Crippen LogP contribution in [0.2, 0.25) is 0 Å². The highest BCUT2D eigenvalue weighted by Gasteiger charge is 2.12. The number of nitrogens with one attached hydrogen (secondary N) is 1. The van der Waals surface area contributed by atoms with Crippen molar-refractivity contribution in [2.24, 2.45) is 0 Å². The highest BCUT2D eigenvalue weighted by Crippen LogP contribution is 1.96. The lowest BCUT2D eigenvalue weighted by Gasteiger charge is -2.25. The lowest BCUT2D eigenvalue weighted by atomic mass is 10.2. The summed E-state index contributed by atoms with van der Waals surface area (Å²) in [5, 5.41) is 2.27. The van der Waals surface area contributed by atoms with E-state index in [4.69, 9.17) is 8.22 Å². The van der Waals surface area contributed by atoms with Crippen molar-refractivity contribution in [2.75, 3.05) is 13.1 Å². The molecule has 0 radical (unpaired) electrons. The third-order valence-electron chi connectivity index (χ3n) is 0.783. The Bertz CT molecular complexity index is 201. The van der Waals surface area contributed by atoms with Gasteiger partial charge in [-0.1, -0.05) is 0 Å². The summed E-state index contributed by atoms with van der Waals surface area (Å²) in [6.45, 7) is -2.54. The van der Waals surface area contributed by atoms with E-state index in [0.29, 0.717) is 0 Å². The monoisotopic (exact) mass is 121 g/mol. The summed E-state index contributed by atoms with van der Waals surface area (Å²) >= 11 is 0. The van der Waals surface area contributed by atoms with Crippen LogP contribution in [0.4, 0.5) is 0 Å². The Morgan fingerprint density at radius 2 is 2.12 bits per heavy atom. The van der Waals surface area contributed by atoms with Gasteiger partial charge in [-0.3, -0.25) is 0 Å². The highest BCUT2D eigenvalue weighted by molar-refractivity contribution is 4.70. The lowest BCUT2D eigenvalue weighted by Crippen LogP contribution is -2.45. The second kappa shape index (κ2) is 2.46.